The van der Waals surface area contributed by atoms with Crippen molar-refractivity contribution in [3.8, 4) is 0 Å². The molecule has 2 aromatic rings. The minimum Gasteiger partial charge on any atom is -0.294 e. The second-order valence-electron chi connectivity index (χ2n) is 7.86. The molecule has 2 aliphatic carbocycles. The lowest BCUT2D eigenvalue weighted by molar-refractivity contribution is 0.0989. The van der Waals surface area contributed by atoms with Gasteiger partial charge in [-0.2, -0.15) is 5.10 Å². The Bertz CT molecular complexity index is 821. The van der Waals surface area contributed by atoms with Crippen LogP contribution in [0.5, 0.6) is 0 Å². The number of carbonyl (C=O) groups is 1. The number of hydrogen-bond acceptors (Lipinski definition) is 5. The third kappa shape index (κ3) is 2.51. The molecular weight excluding hydrogens is 330 g/mol. The van der Waals surface area contributed by atoms with E-state index in [0.29, 0.717) is 23.2 Å². The highest BCUT2D eigenvalue weighted by Crippen LogP contribution is 2.66. The molecule has 0 radical (unpaired) electrons. The average Bonchev–Trinajstić information content (AvgIpc) is 2.95. The number of fused-ring (bicyclic) bond motifs is 5. The summed E-state index contributed by atoms with van der Waals surface area (Å²) < 4.78 is 0. The highest BCUT2D eigenvalue weighted by atomic mass is 32.2. The molecule has 1 fully saturated rings. The molecular formula is C20H23N3OS. The van der Waals surface area contributed by atoms with E-state index in [1.54, 1.807) is 0 Å². The SMILES string of the molecule is CC1(C)[C@H]2CC[C@]1(C)c1nc(SCCC(=O)c3ccccc3)nnc12. The van der Waals surface area contributed by atoms with Gasteiger partial charge in [0.2, 0.25) is 5.16 Å². The van der Waals surface area contributed by atoms with Crippen molar-refractivity contribution in [1.82, 2.24) is 15.2 Å². The molecule has 0 N–H and O–H groups in total. The fraction of sp³-hybridized carbons (Fsp3) is 0.500. The van der Waals surface area contributed by atoms with E-state index in [-0.39, 0.29) is 16.6 Å². The standard InChI is InChI=1S/C20H23N3OS/c1-19(2)14-9-11-20(19,3)17-16(14)22-23-18(21-17)25-12-10-15(24)13-7-5-4-6-8-13/h4-8,14H,9-12H2,1-3H3/t14-,20+/m0/s1. The minimum atomic E-state index is 0.0953. The molecule has 4 nitrogen and oxygen atoms in total. The largest absolute Gasteiger partial charge is 0.294 e. The number of rotatable bonds is 5. The minimum absolute atomic E-state index is 0.0953. The number of carbonyl (C=O) groups excluding carboxylic acids is 1. The summed E-state index contributed by atoms with van der Waals surface area (Å²) in [5.41, 5.74) is 3.30. The smallest absolute Gasteiger partial charge is 0.209 e. The Morgan fingerprint density at radius 1 is 1.20 bits per heavy atom. The van der Waals surface area contributed by atoms with Crippen LogP contribution in [0.4, 0.5) is 0 Å². The van der Waals surface area contributed by atoms with Crippen LogP contribution in [0.1, 0.15) is 67.7 Å². The van der Waals surface area contributed by atoms with Gasteiger partial charge in [0, 0.05) is 29.1 Å². The zero-order chi connectivity index (χ0) is 17.7. The van der Waals surface area contributed by atoms with Gasteiger partial charge >= 0.3 is 0 Å². The van der Waals surface area contributed by atoms with Gasteiger partial charge in [-0.25, -0.2) is 4.98 Å². The molecule has 0 amide bonds. The lowest BCUT2D eigenvalue weighted by Crippen LogP contribution is -2.32. The Kier molecular flexibility index (Phi) is 3.95. The number of benzene rings is 1. The number of ketones is 1. The molecule has 5 heteroatoms. The molecule has 0 saturated heterocycles. The van der Waals surface area contributed by atoms with Crippen LogP contribution in [0.15, 0.2) is 35.5 Å². The van der Waals surface area contributed by atoms with Crippen molar-refractivity contribution in [2.75, 3.05) is 5.75 Å². The topological polar surface area (TPSA) is 55.7 Å². The molecule has 2 bridgehead atoms. The predicted octanol–water partition coefficient (Wildman–Crippen LogP) is 4.41. The summed E-state index contributed by atoms with van der Waals surface area (Å²) in [6.07, 6.45) is 2.85. The van der Waals surface area contributed by atoms with Gasteiger partial charge in [0.25, 0.3) is 0 Å². The van der Waals surface area contributed by atoms with Crippen molar-refractivity contribution >= 4 is 17.5 Å². The Morgan fingerprint density at radius 3 is 2.72 bits per heavy atom. The first-order valence-electron chi connectivity index (χ1n) is 8.89. The van der Waals surface area contributed by atoms with Gasteiger partial charge in [-0.15, -0.1) is 5.10 Å². The Morgan fingerprint density at radius 2 is 1.96 bits per heavy atom. The molecule has 0 aliphatic heterocycles. The van der Waals surface area contributed by atoms with Crippen LogP contribution >= 0.6 is 11.8 Å². The van der Waals surface area contributed by atoms with E-state index in [0.717, 1.165) is 17.0 Å². The molecule has 2 atom stereocenters. The Hall–Kier alpha value is -1.75. The third-order valence-corrected chi connectivity index (χ3v) is 7.27. The van der Waals surface area contributed by atoms with Crippen molar-refractivity contribution in [2.45, 2.75) is 56.5 Å². The van der Waals surface area contributed by atoms with E-state index in [9.17, 15) is 4.79 Å². The maximum absolute atomic E-state index is 12.2. The molecule has 0 spiro atoms. The summed E-state index contributed by atoms with van der Waals surface area (Å²) in [6, 6.07) is 9.43. The number of thioether (sulfide) groups is 1. The van der Waals surface area contributed by atoms with E-state index in [2.05, 4.69) is 31.0 Å². The summed E-state index contributed by atoms with van der Waals surface area (Å²) in [6.45, 7) is 6.99. The fourth-order valence-corrected chi connectivity index (χ4v) is 5.15. The summed E-state index contributed by atoms with van der Waals surface area (Å²) in [4.78, 5) is 17.0. The van der Waals surface area contributed by atoms with Crippen molar-refractivity contribution in [3.05, 3.63) is 47.3 Å². The molecule has 2 aliphatic rings. The number of Topliss-reactive ketones (excluding diaryl/α,β-unsaturated/α-hetero) is 1. The average molecular weight is 353 g/mol. The van der Waals surface area contributed by atoms with Crippen LogP contribution in [0, 0.1) is 5.41 Å². The molecule has 130 valence electrons. The van der Waals surface area contributed by atoms with E-state index >= 15 is 0 Å². The molecule has 1 heterocycles. The lowest BCUT2D eigenvalue weighted by Gasteiger charge is -2.33. The summed E-state index contributed by atoms with van der Waals surface area (Å²) in [5.74, 6) is 1.32. The molecule has 1 aromatic heterocycles. The number of nitrogens with zero attached hydrogens (tertiary/aromatic N) is 3. The first-order valence-corrected chi connectivity index (χ1v) is 9.88. The van der Waals surface area contributed by atoms with E-state index in [1.807, 2.05) is 30.3 Å². The molecule has 25 heavy (non-hydrogen) atoms. The Balaban J connectivity index is 1.45. The first kappa shape index (κ1) is 16.7. The van der Waals surface area contributed by atoms with Gasteiger partial charge in [-0.1, -0.05) is 62.9 Å². The second kappa shape index (κ2) is 5.90. The van der Waals surface area contributed by atoms with Crippen LogP contribution < -0.4 is 0 Å². The maximum atomic E-state index is 12.2. The molecule has 0 unspecified atom stereocenters. The molecule has 1 saturated carbocycles. The van der Waals surface area contributed by atoms with E-state index < -0.39 is 0 Å². The monoisotopic (exact) mass is 353 g/mol. The number of hydrogen-bond donors (Lipinski definition) is 0. The molecule has 1 aromatic carbocycles. The van der Waals surface area contributed by atoms with E-state index in [1.165, 1.54) is 24.6 Å². The summed E-state index contributed by atoms with van der Waals surface area (Å²) in [5, 5.41) is 9.54. The van der Waals surface area contributed by atoms with Gasteiger partial charge < -0.3 is 0 Å². The van der Waals surface area contributed by atoms with Crippen LogP contribution in [0.2, 0.25) is 0 Å². The van der Waals surface area contributed by atoms with Gasteiger partial charge in [0.15, 0.2) is 5.78 Å². The number of aromatic nitrogens is 3. The van der Waals surface area contributed by atoms with Crippen LogP contribution in [-0.2, 0) is 5.41 Å². The van der Waals surface area contributed by atoms with Crippen molar-refractivity contribution < 1.29 is 4.79 Å². The first-order chi connectivity index (χ1) is 11.9. The fourth-order valence-electron chi connectivity index (χ4n) is 4.43. The van der Waals surface area contributed by atoms with Crippen molar-refractivity contribution in [1.29, 1.82) is 0 Å². The lowest BCUT2D eigenvalue weighted by atomic mass is 9.70. The summed E-state index contributed by atoms with van der Waals surface area (Å²) in [7, 11) is 0. The predicted molar refractivity (Wildman–Crippen MR) is 99.0 cm³/mol. The van der Waals surface area contributed by atoms with Gasteiger partial charge in [0.05, 0.1) is 11.4 Å². The summed E-state index contributed by atoms with van der Waals surface area (Å²) >= 11 is 1.53. The van der Waals surface area contributed by atoms with E-state index in [4.69, 9.17) is 4.98 Å². The van der Waals surface area contributed by atoms with Crippen LogP contribution in [-0.4, -0.2) is 26.7 Å². The normalized spacial score (nSPS) is 25.8. The van der Waals surface area contributed by atoms with Gasteiger partial charge in [-0.05, 0) is 18.3 Å². The highest BCUT2D eigenvalue weighted by molar-refractivity contribution is 7.99. The van der Waals surface area contributed by atoms with Crippen molar-refractivity contribution in [3.63, 3.8) is 0 Å². The zero-order valence-corrected chi connectivity index (χ0v) is 15.8. The molecule has 4 rings (SSSR count). The maximum Gasteiger partial charge on any atom is 0.209 e. The van der Waals surface area contributed by atoms with Gasteiger partial charge in [-0.3, -0.25) is 4.79 Å². The zero-order valence-electron chi connectivity index (χ0n) is 15.0. The highest BCUT2D eigenvalue weighted by Gasteiger charge is 2.61. The Labute approximate surface area is 152 Å². The van der Waals surface area contributed by atoms with Crippen molar-refractivity contribution in [2.24, 2.45) is 5.41 Å². The van der Waals surface area contributed by atoms with Crippen LogP contribution in [0.3, 0.4) is 0 Å². The second-order valence-corrected chi connectivity index (χ2v) is 8.92. The quantitative estimate of drug-likeness (QED) is 0.588. The third-order valence-electron chi connectivity index (χ3n) is 6.43. The van der Waals surface area contributed by atoms with Crippen LogP contribution in [0.25, 0.3) is 0 Å². The van der Waals surface area contributed by atoms with Gasteiger partial charge in [0.1, 0.15) is 0 Å².